The van der Waals surface area contributed by atoms with Crippen LogP contribution in [0.4, 0.5) is 5.69 Å². The van der Waals surface area contributed by atoms with Gasteiger partial charge in [0, 0.05) is 36.5 Å². The van der Waals surface area contributed by atoms with Crippen molar-refractivity contribution < 1.29 is 9.53 Å². The molecule has 1 aliphatic heterocycles. The minimum Gasteiger partial charge on any atom is -0.385 e. The normalized spacial score (nSPS) is 17.3. The van der Waals surface area contributed by atoms with Gasteiger partial charge in [-0.15, -0.1) is 0 Å². The molecule has 1 aliphatic rings. The third-order valence-electron chi connectivity index (χ3n) is 4.07. The molecule has 2 N–H and O–H groups in total. The van der Waals surface area contributed by atoms with Gasteiger partial charge in [0.25, 0.3) is 5.91 Å². The first-order valence-corrected chi connectivity index (χ1v) is 7.79. The topological polar surface area (TPSA) is 50.4 Å². The fraction of sp³-hybridized carbons (Fsp3) is 0.588. The maximum absolute atomic E-state index is 12.4. The Morgan fingerprint density at radius 2 is 2.05 bits per heavy atom. The molecule has 0 saturated carbocycles. The molecule has 4 heteroatoms. The van der Waals surface area contributed by atoms with E-state index in [1.165, 1.54) is 0 Å². The second kappa shape index (κ2) is 6.94. The Labute approximate surface area is 127 Å². The standard InChI is InChI=1S/C17H26N2O2/c1-4-9-18-15-6-5-14(12-13(15)2)16(20)19-17(3)7-10-21-11-8-17/h5-6,12,18H,4,7-11H2,1-3H3,(H,19,20). The highest BCUT2D eigenvalue weighted by atomic mass is 16.5. The molecule has 0 aromatic heterocycles. The van der Waals surface area contributed by atoms with Crippen LogP contribution < -0.4 is 10.6 Å². The van der Waals surface area contributed by atoms with Gasteiger partial charge in [-0.3, -0.25) is 4.79 Å². The second-order valence-corrected chi connectivity index (χ2v) is 6.08. The first-order valence-electron chi connectivity index (χ1n) is 7.79. The van der Waals surface area contributed by atoms with E-state index in [1.807, 2.05) is 25.1 Å². The van der Waals surface area contributed by atoms with Crippen LogP contribution in [0.1, 0.15) is 49.0 Å². The third kappa shape index (κ3) is 4.21. The van der Waals surface area contributed by atoms with Crippen molar-refractivity contribution in [3.8, 4) is 0 Å². The Kier molecular flexibility index (Phi) is 5.23. The molecular formula is C17H26N2O2. The zero-order chi connectivity index (χ0) is 15.3. The van der Waals surface area contributed by atoms with E-state index in [0.29, 0.717) is 0 Å². The van der Waals surface area contributed by atoms with Crippen molar-refractivity contribution in [3.63, 3.8) is 0 Å². The molecule has 0 radical (unpaired) electrons. The molecule has 1 aromatic carbocycles. The number of carbonyl (C=O) groups excluding carboxylic acids is 1. The Morgan fingerprint density at radius 1 is 1.33 bits per heavy atom. The van der Waals surface area contributed by atoms with Crippen LogP contribution in [0.2, 0.25) is 0 Å². The molecular weight excluding hydrogens is 264 g/mol. The highest BCUT2D eigenvalue weighted by Gasteiger charge is 2.29. The van der Waals surface area contributed by atoms with Gasteiger partial charge in [-0.25, -0.2) is 0 Å². The summed E-state index contributed by atoms with van der Waals surface area (Å²) >= 11 is 0. The summed E-state index contributed by atoms with van der Waals surface area (Å²) in [5.41, 5.74) is 2.78. The number of nitrogens with one attached hydrogen (secondary N) is 2. The molecule has 0 unspecified atom stereocenters. The van der Waals surface area contributed by atoms with Crippen LogP contribution >= 0.6 is 0 Å². The van der Waals surface area contributed by atoms with E-state index in [2.05, 4.69) is 24.5 Å². The van der Waals surface area contributed by atoms with E-state index in [4.69, 9.17) is 4.74 Å². The summed E-state index contributed by atoms with van der Waals surface area (Å²) in [4.78, 5) is 12.4. The highest BCUT2D eigenvalue weighted by Crippen LogP contribution is 2.21. The van der Waals surface area contributed by atoms with Crippen LogP contribution in [0.15, 0.2) is 18.2 Å². The van der Waals surface area contributed by atoms with Crippen LogP contribution in [-0.4, -0.2) is 31.2 Å². The number of ether oxygens (including phenoxy) is 1. The molecule has 1 aromatic rings. The Hall–Kier alpha value is -1.55. The van der Waals surface area contributed by atoms with E-state index < -0.39 is 0 Å². The van der Waals surface area contributed by atoms with Crippen molar-refractivity contribution in [1.29, 1.82) is 0 Å². The number of hydrogen-bond acceptors (Lipinski definition) is 3. The Balaban J connectivity index is 2.03. The Bertz CT molecular complexity index is 494. The molecule has 0 aliphatic carbocycles. The number of rotatable bonds is 5. The largest absolute Gasteiger partial charge is 0.385 e. The average Bonchev–Trinajstić information content (AvgIpc) is 2.46. The second-order valence-electron chi connectivity index (χ2n) is 6.08. The maximum atomic E-state index is 12.4. The first-order chi connectivity index (χ1) is 10.0. The number of benzene rings is 1. The molecule has 1 heterocycles. The van der Waals surface area contributed by atoms with Crippen molar-refractivity contribution in [3.05, 3.63) is 29.3 Å². The first kappa shape index (κ1) is 15.8. The Morgan fingerprint density at radius 3 is 2.67 bits per heavy atom. The molecule has 21 heavy (non-hydrogen) atoms. The van der Waals surface area contributed by atoms with Gasteiger partial charge < -0.3 is 15.4 Å². The lowest BCUT2D eigenvalue weighted by molar-refractivity contribution is 0.0423. The monoisotopic (exact) mass is 290 g/mol. The van der Waals surface area contributed by atoms with Crippen molar-refractivity contribution >= 4 is 11.6 Å². The third-order valence-corrected chi connectivity index (χ3v) is 4.07. The summed E-state index contributed by atoms with van der Waals surface area (Å²) in [6.45, 7) is 8.65. The van der Waals surface area contributed by atoms with Gasteiger partial charge in [-0.1, -0.05) is 6.92 Å². The summed E-state index contributed by atoms with van der Waals surface area (Å²) in [6.07, 6.45) is 2.82. The van der Waals surface area contributed by atoms with Crippen molar-refractivity contribution in [2.24, 2.45) is 0 Å². The molecule has 1 amide bonds. The van der Waals surface area contributed by atoms with Crippen molar-refractivity contribution in [2.75, 3.05) is 25.1 Å². The highest BCUT2D eigenvalue weighted by molar-refractivity contribution is 5.95. The molecule has 116 valence electrons. The minimum atomic E-state index is -0.150. The van der Waals surface area contributed by atoms with Crippen LogP contribution in [0.3, 0.4) is 0 Å². The van der Waals surface area contributed by atoms with Gasteiger partial charge in [0.1, 0.15) is 0 Å². The zero-order valence-electron chi connectivity index (χ0n) is 13.3. The SMILES string of the molecule is CCCNc1ccc(C(=O)NC2(C)CCOCC2)cc1C. The smallest absolute Gasteiger partial charge is 0.251 e. The fourth-order valence-corrected chi connectivity index (χ4v) is 2.56. The molecule has 2 rings (SSSR count). The number of hydrogen-bond donors (Lipinski definition) is 2. The van der Waals surface area contributed by atoms with E-state index >= 15 is 0 Å². The van der Waals surface area contributed by atoms with Crippen LogP contribution in [0, 0.1) is 6.92 Å². The minimum absolute atomic E-state index is 0.00421. The van der Waals surface area contributed by atoms with Crippen LogP contribution in [-0.2, 0) is 4.74 Å². The molecule has 1 saturated heterocycles. The van der Waals surface area contributed by atoms with Crippen LogP contribution in [0.5, 0.6) is 0 Å². The molecule has 0 atom stereocenters. The van der Waals surface area contributed by atoms with Gasteiger partial charge in [-0.2, -0.15) is 0 Å². The van der Waals surface area contributed by atoms with E-state index in [9.17, 15) is 4.79 Å². The lowest BCUT2D eigenvalue weighted by atomic mass is 9.92. The predicted molar refractivity (Wildman–Crippen MR) is 85.9 cm³/mol. The maximum Gasteiger partial charge on any atom is 0.251 e. The summed E-state index contributed by atoms with van der Waals surface area (Å²) in [5, 5.41) is 6.53. The van der Waals surface area contributed by atoms with Gasteiger partial charge >= 0.3 is 0 Å². The fourth-order valence-electron chi connectivity index (χ4n) is 2.56. The van der Waals surface area contributed by atoms with E-state index in [0.717, 1.165) is 55.8 Å². The number of carbonyl (C=O) groups is 1. The van der Waals surface area contributed by atoms with Gasteiger partial charge in [-0.05, 0) is 56.9 Å². The predicted octanol–water partition coefficient (Wildman–Crippen LogP) is 3.12. The molecule has 0 bridgehead atoms. The summed E-state index contributed by atoms with van der Waals surface area (Å²) in [6, 6.07) is 5.84. The van der Waals surface area contributed by atoms with Crippen molar-refractivity contribution in [1.82, 2.24) is 5.32 Å². The number of anilines is 1. The molecule has 4 nitrogen and oxygen atoms in total. The average molecular weight is 290 g/mol. The summed E-state index contributed by atoms with van der Waals surface area (Å²) in [5.74, 6) is 0.00421. The van der Waals surface area contributed by atoms with Gasteiger partial charge in [0.05, 0.1) is 0 Å². The van der Waals surface area contributed by atoms with Gasteiger partial charge in [0.2, 0.25) is 0 Å². The van der Waals surface area contributed by atoms with E-state index in [1.54, 1.807) is 0 Å². The summed E-state index contributed by atoms with van der Waals surface area (Å²) < 4.78 is 5.36. The lowest BCUT2D eigenvalue weighted by Crippen LogP contribution is -2.49. The van der Waals surface area contributed by atoms with Crippen LogP contribution in [0.25, 0.3) is 0 Å². The lowest BCUT2D eigenvalue weighted by Gasteiger charge is -2.34. The van der Waals surface area contributed by atoms with Gasteiger partial charge in [0.15, 0.2) is 0 Å². The zero-order valence-corrected chi connectivity index (χ0v) is 13.3. The number of aryl methyl sites for hydroxylation is 1. The van der Waals surface area contributed by atoms with E-state index in [-0.39, 0.29) is 11.4 Å². The molecule has 1 fully saturated rings. The number of amides is 1. The summed E-state index contributed by atoms with van der Waals surface area (Å²) in [7, 11) is 0. The molecule has 0 spiro atoms. The quantitative estimate of drug-likeness (QED) is 0.876. The van der Waals surface area contributed by atoms with Crippen molar-refractivity contribution in [2.45, 2.75) is 45.6 Å².